The van der Waals surface area contributed by atoms with Gasteiger partial charge in [0.25, 0.3) is 0 Å². The van der Waals surface area contributed by atoms with E-state index in [1.54, 1.807) is 36.1 Å². The molecule has 0 saturated carbocycles. The summed E-state index contributed by atoms with van der Waals surface area (Å²) in [5.74, 6) is 1.31. The lowest BCUT2D eigenvalue weighted by Crippen LogP contribution is -2.07. The van der Waals surface area contributed by atoms with Gasteiger partial charge in [0.1, 0.15) is 35.5 Å². The number of nitrogen functional groups attached to an aromatic ring is 1. The largest absolute Gasteiger partial charge is 0.487 e. The molecule has 0 saturated heterocycles. The van der Waals surface area contributed by atoms with Gasteiger partial charge < -0.3 is 10.5 Å². The molecule has 0 spiro atoms. The number of aromatic nitrogens is 5. The molecule has 23 heavy (non-hydrogen) atoms. The Kier molecular flexibility index (Phi) is 4.13. The molecule has 0 atom stereocenters. The topological polar surface area (TPSA) is 91.7 Å². The molecule has 0 unspecified atom stereocenters. The summed E-state index contributed by atoms with van der Waals surface area (Å²) in [6.45, 7) is 2.45. The van der Waals surface area contributed by atoms with E-state index in [1.165, 1.54) is 12.1 Å². The first-order chi connectivity index (χ1) is 11.1. The molecule has 0 radical (unpaired) electrons. The van der Waals surface area contributed by atoms with Crippen molar-refractivity contribution in [2.75, 3.05) is 5.73 Å². The normalized spacial score (nSPS) is 10.7. The Morgan fingerprint density at radius 2 is 2.04 bits per heavy atom. The maximum atomic E-state index is 12.8. The van der Waals surface area contributed by atoms with Crippen molar-refractivity contribution in [3.05, 3.63) is 59.6 Å². The van der Waals surface area contributed by atoms with Gasteiger partial charge in [-0.15, -0.1) is 5.10 Å². The Balaban J connectivity index is 1.62. The van der Waals surface area contributed by atoms with Gasteiger partial charge in [-0.1, -0.05) is 5.21 Å². The van der Waals surface area contributed by atoms with Crippen LogP contribution in [0.4, 0.5) is 10.2 Å². The van der Waals surface area contributed by atoms with Crippen LogP contribution in [0.2, 0.25) is 0 Å². The second-order valence-electron chi connectivity index (χ2n) is 4.98. The minimum atomic E-state index is -0.304. The standard InChI is InChI=1S/C15H15FN6O/c1-10-18-6-11(15(17)19-10)7-22-8-13(20-21-22)9-23-14-4-2-12(16)3-5-14/h2-6,8H,7,9H2,1H3,(H2,17,18,19). The molecule has 0 bridgehead atoms. The van der Waals surface area contributed by atoms with Crippen LogP contribution in [0, 0.1) is 12.7 Å². The van der Waals surface area contributed by atoms with Gasteiger partial charge in [0, 0.05) is 11.8 Å². The van der Waals surface area contributed by atoms with Crippen LogP contribution < -0.4 is 10.5 Å². The number of hydrogen-bond acceptors (Lipinski definition) is 6. The lowest BCUT2D eigenvalue weighted by Gasteiger charge is -2.04. The number of halogens is 1. The van der Waals surface area contributed by atoms with Crippen molar-refractivity contribution in [2.24, 2.45) is 0 Å². The fourth-order valence-corrected chi connectivity index (χ4v) is 1.98. The van der Waals surface area contributed by atoms with Gasteiger partial charge in [-0.25, -0.2) is 19.0 Å². The third-order valence-corrected chi connectivity index (χ3v) is 3.14. The van der Waals surface area contributed by atoms with E-state index in [4.69, 9.17) is 10.5 Å². The molecule has 0 amide bonds. The highest BCUT2D eigenvalue weighted by Gasteiger charge is 2.07. The molecule has 118 valence electrons. The molecule has 3 aromatic rings. The van der Waals surface area contributed by atoms with Gasteiger partial charge in [0.2, 0.25) is 0 Å². The minimum Gasteiger partial charge on any atom is -0.487 e. The highest BCUT2D eigenvalue weighted by atomic mass is 19.1. The van der Waals surface area contributed by atoms with Crippen molar-refractivity contribution in [2.45, 2.75) is 20.1 Å². The molecule has 1 aromatic carbocycles. The van der Waals surface area contributed by atoms with Gasteiger partial charge >= 0.3 is 0 Å². The number of ether oxygens (including phenoxy) is 1. The quantitative estimate of drug-likeness (QED) is 0.771. The second kappa shape index (κ2) is 6.39. The number of aryl methyl sites for hydroxylation is 1. The minimum absolute atomic E-state index is 0.242. The van der Waals surface area contributed by atoms with Crippen LogP contribution >= 0.6 is 0 Å². The van der Waals surface area contributed by atoms with Gasteiger partial charge in [-0.05, 0) is 31.2 Å². The monoisotopic (exact) mass is 314 g/mol. The van der Waals surface area contributed by atoms with Gasteiger partial charge in [0.15, 0.2) is 0 Å². The molecule has 0 fully saturated rings. The molecule has 8 heteroatoms. The smallest absolute Gasteiger partial charge is 0.134 e. The number of hydrogen-bond donors (Lipinski definition) is 1. The molecule has 0 aliphatic carbocycles. The fourth-order valence-electron chi connectivity index (χ4n) is 1.98. The van der Waals surface area contributed by atoms with Gasteiger partial charge in [-0.2, -0.15) is 0 Å². The van der Waals surface area contributed by atoms with Crippen LogP contribution in [0.1, 0.15) is 17.1 Å². The zero-order valence-corrected chi connectivity index (χ0v) is 12.5. The van der Waals surface area contributed by atoms with Gasteiger partial charge in [-0.3, -0.25) is 0 Å². The van der Waals surface area contributed by atoms with Crippen LogP contribution in [-0.2, 0) is 13.2 Å². The fraction of sp³-hybridized carbons (Fsp3) is 0.200. The molecule has 2 heterocycles. The van der Waals surface area contributed by atoms with E-state index in [0.717, 1.165) is 5.56 Å². The zero-order valence-electron chi connectivity index (χ0n) is 12.5. The zero-order chi connectivity index (χ0) is 16.2. The highest BCUT2D eigenvalue weighted by molar-refractivity contribution is 5.37. The summed E-state index contributed by atoms with van der Waals surface area (Å²) in [6.07, 6.45) is 3.43. The van der Waals surface area contributed by atoms with E-state index in [-0.39, 0.29) is 12.4 Å². The Morgan fingerprint density at radius 3 is 2.78 bits per heavy atom. The second-order valence-corrected chi connectivity index (χ2v) is 4.98. The predicted octanol–water partition coefficient (Wildman–Crippen LogP) is 1.73. The van der Waals surface area contributed by atoms with Crippen LogP contribution in [-0.4, -0.2) is 25.0 Å². The first-order valence-corrected chi connectivity index (χ1v) is 6.95. The summed E-state index contributed by atoms with van der Waals surface area (Å²) in [4.78, 5) is 8.23. The van der Waals surface area contributed by atoms with Crippen molar-refractivity contribution >= 4 is 5.82 Å². The highest BCUT2D eigenvalue weighted by Crippen LogP contribution is 2.13. The summed E-state index contributed by atoms with van der Waals surface area (Å²) in [5, 5.41) is 8.04. The maximum absolute atomic E-state index is 12.8. The number of rotatable bonds is 5. The summed E-state index contributed by atoms with van der Waals surface area (Å²) in [7, 11) is 0. The van der Waals surface area contributed by atoms with Crippen molar-refractivity contribution in [1.29, 1.82) is 0 Å². The molecular weight excluding hydrogens is 299 g/mol. The van der Waals surface area contributed by atoms with E-state index in [0.29, 0.717) is 29.6 Å². The number of nitrogens with two attached hydrogens (primary N) is 1. The lowest BCUT2D eigenvalue weighted by atomic mass is 10.3. The number of benzene rings is 1. The third-order valence-electron chi connectivity index (χ3n) is 3.14. The van der Waals surface area contributed by atoms with Crippen molar-refractivity contribution in [3.63, 3.8) is 0 Å². The van der Waals surface area contributed by atoms with Crippen molar-refractivity contribution in [1.82, 2.24) is 25.0 Å². The molecular formula is C15H15FN6O. The Morgan fingerprint density at radius 1 is 1.26 bits per heavy atom. The Hall–Kier alpha value is -3.03. The van der Waals surface area contributed by atoms with E-state index in [9.17, 15) is 4.39 Å². The van der Waals surface area contributed by atoms with E-state index >= 15 is 0 Å². The number of anilines is 1. The predicted molar refractivity (Wildman–Crippen MR) is 81.0 cm³/mol. The molecule has 0 aliphatic heterocycles. The van der Waals surface area contributed by atoms with E-state index < -0.39 is 0 Å². The summed E-state index contributed by atoms with van der Waals surface area (Å²) >= 11 is 0. The SMILES string of the molecule is Cc1ncc(Cn2cc(COc3ccc(F)cc3)nn2)c(N)n1. The molecule has 0 aliphatic rings. The van der Waals surface area contributed by atoms with Crippen LogP contribution in [0.3, 0.4) is 0 Å². The van der Waals surface area contributed by atoms with Crippen molar-refractivity contribution in [3.8, 4) is 5.75 Å². The molecule has 3 rings (SSSR count). The number of nitrogens with zero attached hydrogens (tertiary/aromatic N) is 5. The molecule has 7 nitrogen and oxygen atoms in total. The Bertz CT molecular complexity index is 802. The summed E-state index contributed by atoms with van der Waals surface area (Å²) in [5.41, 5.74) is 7.28. The first kappa shape index (κ1) is 14.9. The maximum Gasteiger partial charge on any atom is 0.134 e. The first-order valence-electron chi connectivity index (χ1n) is 6.95. The average Bonchev–Trinajstić information content (AvgIpc) is 2.97. The molecule has 2 N–H and O–H groups in total. The van der Waals surface area contributed by atoms with E-state index in [2.05, 4.69) is 20.3 Å². The Labute approximate surface area is 131 Å². The van der Waals surface area contributed by atoms with Crippen LogP contribution in [0.25, 0.3) is 0 Å². The van der Waals surface area contributed by atoms with Crippen LogP contribution in [0.5, 0.6) is 5.75 Å². The molecule has 2 aromatic heterocycles. The summed E-state index contributed by atoms with van der Waals surface area (Å²) < 4.78 is 20.0. The van der Waals surface area contributed by atoms with Gasteiger partial charge in [0.05, 0.1) is 12.7 Å². The summed E-state index contributed by atoms with van der Waals surface area (Å²) in [6, 6.07) is 5.80. The van der Waals surface area contributed by atoms with E-state index in [1.807, 2.05) is 0 Å². The lowest BCUT2D eigenvalue weighted by molar-refractivity contribution is 0.300. The van der Waals surface area contributed by atoms with Crippen LogP contribution in [0.15, 0.2) is 36.7 Å². The third kappa shape index (κ3) is 3.79. The van der Waals surface area contributed by atoms with Crippen molar-refractivity contribution < 1.29 is 9.13 Å². The average molecular weight is 314 g/mol.